The summed E-state index contributed by atoms with van der Waals surface area (Å²) in [7, 11) is 0. The fourth-order valence-corrected chi connectivity index (χ4v) is 2.32. The highest BCUT2D eigenvalue weighted by atomic mass is 35.5. The molecule has 0 spiro atoms. The summed E-state index contributed by atoms with van der Waals surface area (Å²) in [6, 6.07) is 5.78. The van der Waals surface area contributed by atoms with Crippen LogP contribution < -0.4 is 5.73 Å². The van der Waals surface area contributed by atoms with Crippen molar-refractivity contribution in [3.8, 4) is 0 Å². The van der Waals surface area contributed by atoms with E-state index in [4.69, 9.17) is 17.3 Å². The third kappa shape index (κ3) is 2.20. The number of halogens is 2. The van der Waals surface area contributed by atoms with Gasteiger partial charge < -0.3 is 5.73 Å². The van der Waals surface area contributed by atoms with Gasteiger partial charge in [-0.15, -0.1) is 0 Å². The zero-order valence-corrected chi connectivity index (χ0v) is 9.36. The minimum absolute atomic E-state index is 0.319. The molecule has 4 heteroatoms. The van der Waals surface area contributed by atoms with Gasteiger partial charge in [0.05, 0.1) is 6.04 Å². The Labute approximate surface area is 96.3 Å². The molecule has 0 amide bonds. The highest BCUT2D eigenvalue weighted by molar-refractivity contribution is 7.08. The Morgan fingerprint density at radius 3 is 2.80 bits per heavy atom. The number of nitrogens with two attached hydrogens (primary N) is 1. The van der Waals surface area contributed by atoms with E-state index in [1.54, 1.807) is 11.3 Å². The number of rotatable bonds is 2. The van der Waals surface area contributed by atoms with Crippen molar-refractivity contribution in [2.24, 2.45) is 5.73 Å². The quantitative estimate of drug-likeness (QED) is 0.855. The molecule has 1 atom stereocenters. The van der Waals surface area contributed by atoms with Crippen LogP contribution in [0.1, 0.15) is 17.2 Å². The second-order valence-electron chi connectivity index (χ2n) is 3.20. The van der Waals surface area contributed by atoms with Crippen LogP contribution in [-0.4, -0.2) is 0 Å². The van der Waals surface area contributed by atoms with Crippen molar-refractivity contribution < 1.29 is 4.39 Å². The Hall–Kier alpha value is -0.900. The lowest BCUT2D eigenvalue weighted by molar-refractivity contribution is 0.623. The number of benzene rings is 1. The maximum Gasteiger partial charge on any atom is 0.123 e. The largest absolute Gasteiger partial charge is 0.320 e. The van der Waals surface area contributed by atoms with Crippen molar-refractivity contribution >= 4 is 22.9 Å². The van der Waals surface area contributed by atoms with E-state index in [1.165, 1.54) is 18.2 Å². The molecule has 0 aliphatic heterocycles. The van der Waals surface area contributed by atoms with E-state index in [0.717, 1.165) is 5.56 Å². The molecule has 1 aromatic heterocycles. The van der Waals surface area contributed by atoms with Crippen LogP contribution in [0.3, 0.4) is 0 Å². The maximum absolute atomic E-state index is 13.0. The molecular formula is C11H9ClFNS. The molecule has 1 aromatic carbocycles. The van der Waals surface area contributed by atoms with Crippen molar-refractivity contribution in [3.05, 3.63) is 57.0 Å². The number of hydrogen-bond donors (Lipinski definition) is 1. The van der Waals surface area contributed by atoms with Gasteiger partial charge in [-0.3, -0.25) is 0 Å². The minimum Gasteiger partial charge on any atom is -0.320 e. The molecule has 2 N–H and O–H groups in total. The molecular weight excluding hydrogens is 233 g/mol. The normalized spacial score (nSPS) is 12.7. The molecule has 78 valence electrons. The summed E-state index contributed by atoms with van der Waals surface area (Å²) in [6.45, 7) is 0. The number of thiophene rings is 1. The highest BCUT2D eigenvalue weighted by Gasteiger charge is 2.13. The van der Waals surface area contributed by atoms with Gasteiger partial charge in [0, 0.05) is 5.02 Å². The zero-order valence-electron chi connectivity index (χ0n) is 7.78. The summed E-state index contributed by atoms with van der Waals surface area (Å²) in [4.78, 5) is 0. The Balaban J connectivity index is 2.41. The van der Waals surface area contributed by atoms with Crippen LogP contribution in [0.4, 0.5) is 4.39 Å². The van der Waals surface area contributed by atoms with Gasteiger partial charge in [0.25, 0.3) is 0 Å². The molecule has 0 saturated carbocycles. The summed E-state index contributed by atoms with van der Waals surface area (Å²) >= 11 is 7.52. The first kappa shape index (κ1) is 10.6. The molecule has 0 radical (unpaired) electrons. The van der Waals surface area contributed by atoms with Crippen LogP contribution in [0.2, 0.25) is 5.02 Å². The first-order valence-corrected chi connectivity index (χ1v) is 5.73. The van der Waals surface area contributed by atoms with Crippen molar-refractivity contribution in [2.75, 3.05) is 0 Å². The maximum atomic E-state index is 13.0. The van der Waals surface area contributed by atoms with E-state index in [9.17, 15) is 4.39 Å². The van der Waals surface area contributed by atoms with Crippen LogP contribution in [-0.2, 0) is 0 Å². The summed E-state index contributed by atoms with van der Waals surface area (Å²) in [5.41, 5.74) is 7.56. The molecule has 0 aliphatic rings. The molecule has 1 heterocycles. The van der Waals surface area contributed by atoms with E-state index in [0.29, 0.717) is 10.6 Å². The third-order valence-electron chi connectivity index (χ3n) is 2.20. The fraction of sp³-hybridized carbons (Fsp3) is 0.0909. The standard InChI is InChI=1S/C11H9ClFNS/c12-10-2-1-8(13)5-9(10)11(14)7-3-4-15-6-7/h1-6,11H,14H2. The molecule has 0 aliphatic carbocycles. The Morgan fingerprint density at radius 1 is 1.33 bits per heavy atom. The predicted molar refractivity (Wildman–Crippen MR) is 61.8 cm³/mol. The van der Waals surface area contributed by atoms with Crippen molar-refractivity contribution in [3.63, 3.8) is 0 Å². The van der Waals surface area contributed by atoms with E-state index in [2.05, 4.69) is 0 Å². The SMILES string of the molecule is NC(c1ccsc1)c1cc(F)ccc1Cl. The summed E-state index contributed by atoms with van der Waals surface area (Å²) in [5, 5.41) is 4.36. The molecule has 1 nitrogen and oxygen atoms in total. The van der Waals surface area contributed by atoms with E-state index in [1.807, 2.05) is 16.8 Å². The van der Waals surface area contributed by atoms with Crippen LogP contribution in [0.25, 0.3) is 0 Å². The van der Waals surface area contributed by atoms with Gasteiger partial charge >= 0.3 is 0 Å². The van der Waals surface area contributed by atoms with Crippen LogP contribution in [0.5, 0.6) is 0 Å². The van der Waals surface area contributed by atoms with Gasteiger partial charge in [-0.1, -0.05) is 11.6 Å². The summed E-state index contributed by atoms with van der Waals surface area (Å²) < 4.78 is 13.0. The lowest BCUT2D eigenvalue weighted by Gasteiger charge is -2.12. The molecule has 15 heavy (non-hydrogen) atoms. The van der Waals surface area contributed by atoms with Crippen LogP contribution in [0.15, 0.2) is 35.0 Å². The van der Waals surface area contributed by atoms with Crippen molar-refractivity contribution in [1.29, 1.82) is 0 Å². The smallest absolute Gasteiger partial charge is 0.123 e. The summed E-state index contributed by atoms with van der Waals surface area (Å²) in [5.74, 6) is -0.319. The fourth-order valence-electron chi connectivity index (χ4n) is 1.38. The van der Waals surface area contributed by atoms with Gasteiger partial charge in [-0.25, -0.2) is 4.39 Å². The van der Waals surface area contributed by atoms with E-state index in [-0.39, 0.29) is 11.9 Å². The predicted octanol–water partition coefficient (Wildman–Crippen LogP) is 3.59. The second kappa shape index (κ2) is 4.31. The number of hydrogen-bond acceptors (Lipinski definition) is 2. The van der Waals surface area contributed by atoms with Crippen molar-refractivity contribution in [1.82, 2.24) is 0 Å². The van der Waals surface area contributed by atoms with Gasteiger partial charge in [0.2, 0.25) is 0 Å². The second-order valence-corrected chi connectivity index (χ2v) is 4.39. The Kier molecular flexibility index (Phi) is 3.05. The third-order valence-corrected chi connectivity index (χ3v) is 3.24. The minimum atomic E-state index is -0.362. The molecule has 0 saturated heterocycles. The Bertz CT molecular complexity index is 456. The highest BCUT2D eigenvalue weighted by Crippen LogP contribution is 2.28. The lowest BCUT2D eigenvalue weighted by atomic mass is 10.0. The van der Waals surface area contributed by atoms with Crippen molar-refractivity contribution in [2.45, 2.75) is 6.04 Å². The van der Waals surface area contributed by atoms with Gasteiger partial charge in [-0.2, -0.15) is 11.3 Å². The van der Waals surface area contributed by atoms with E-state index >= 15 is 0 Å². The molecule has 2 aromatic rings. The molecule has 1 unspecified atom stereocenters. The van der Waals surface area contributed by atoms with Crippen LogP contribution in [0, 0.1) is 5.82 Å². The van der Waals surface area contributed by atoms with E-state index < -0.39 is 0 Å². The molecule has 2 rings (SSSR count). The lowest BCUT2D eigenvalue weighted by Crippen LogP contribution is -2.11. The average Bonchev–Trinajstić information content (AvgIpc) is 2.74. The Morgan fingerprint density at radius 2 is 2.13 bits per heavy atom. The zero-order chi connectivity index (χ0) is 10.8. The van der Waals surface area contributed by atoms with Gasteiger partial charge in [0.1, 0.15) is 5.82 Å². The monoisotopic (exact) mass is 241 g/mol. The van der Waals surface area contributed by atoms with Crippen LogP contribution >= 0.6 is 22.9 Å². The summed E-state index contributed by atoms with van der Waals surface area (Å²) in [6.07, 6.45) is 0. The van der Waals surface area contributed by atoms with Gasteiger partial charge in [-0.05, 0) is 46.2 Å². The average molecular weight is 242 g/mol. The molecule has 0 bridgehead atoms. The molecule has 0 fully saturated rings. The first-order valence-electron chi connectivity index (χ1n) is 4.41. The first-order chi connectivity index (χ1) is 7.18. The topological polar surface area (TPSA) is 26.0 Å². The van der Waals surface area contributed by atoms with Gasteiger partial charge in [0.15, 0.2) is 0 Å².